The highest BCUT2D eigenvalue weighted by molar-refractivity contribution is 7.99. The van der Waals surface area contributed by atoms with Gasteiger partial charge in [0.1, 0.15) is 11.8 Å². The van der Waals surface area contributed by atoms with Crippen molar-refractivity contribution in [3.63, 3.8) is 0 Å². The number of rotatable bonds is 5. The summed E-state index contributed by atoms with van der Waals surface area (Å²) >= 11 is 1.63. The van der Waals surface area contributed by atoms with Gasteiger partial charge in [-0.1, -0.05) is 17.8 Å². The van der Waals surface area contributed by atoms with E-state index in [0.29, 0.717) is 6.73 Å². The Hall–Kier alpha value is -2.16. The second-order valence-corrected chi connectivity index (χ2v) is 7.92. The van der Waals surface area contributed by atoms with E-state index in [4.69, 9.17) is 10.5 Å². The molecule has 142 valence electrons. The van der Waals surface area contributed by atoms with Crippen LogP contribution in [0, 0.1) is 5.92 Å². The molecule has 2 aliphatic heterocycles. The van der Waals surface area contributed by atoms with Gasteiger partial charge in [0.05, 0.1) is 5.69 Å². The van der Waals surface area contributed by atoms with Crippen molar-refractivity contribution in [1.29, 1.82) is 0 Å². The normalized spacial score (nSPS) is 17.4. The molecular weight excluding hydrogens is 362 g/mol. The molecule has 2 aromatic rings. The minimum absolute atomic E-state index is 0.0217. The monoisotopic (exact) mass is 385 g/mol. The average Bonchev–Trinajstić information content (AvgIpc) is 2.68. The summed E-state index contributed by atoms with van der Waals surface area (Å²) in [6, 6.07) is 6.52. The van der Waals surface area contributed by atoms with Crippen molar-refractivity contribution in [3.05, 3.63) is 36.2 Å². The van der Waals surface area contributed by atoms with Crippen LogP contribution in [-0.4, -0.2) is 47.7 Å². The molecule has 4 rings (SSSR count). The molecule has 2 N–H and O–H groups in total. The first kappa shape index (κ1) is 18.2. The summed E-state index contributed by atoms with van der Waals surface area (Å²) in [5, 5.41) is 0.892. The number of ether oxygens (including phenoxy) is 1. The number of piperidine rings is 1. The fraction of sp³-hybridized carbons (Fsp3) is 0.421. The van der Waals surface area contributed by atoms with E-state index in [1.54, 1.807) is 31.3 Å². The number of anilines is 2. The lowest BCUT2D eigenvalue weighted by molar-refractivity contribution is -0.123. The Bertz CT molecular complexity index is 839. The maximum absolute atomic E-state index is 11.4. The largest absolute Gasteiger partial charge is 0.369 e. The van der Waals surface area contributed by atoms with Gasteiger partial charge in [0.25, 0.3) is 0 Å². The predicted molar refractivity (Wildman–Crippen MR) is 104 cm³/mol. The van der Waals surface area contributed by atoms with Gasteiger partial charge in [-0.3, -0.25) is 14.6 Å². The number of nitrogens with zero attached hydrogens (tertiary/aromatic N) is 4. The maximum Gasteiger partial charge on any atom is 0.220 e. The number of carbonyl (C=O) groups is 1. The first-order valence-electron chi connectivity index (χ1n) is 9.05. The van der Waals surface area contributed by atoms with Crippen LogP contribution < -0.4 is 10.6 Å². The molecule has 1 amide bonds. The van der Waals surface area contributed by atoms with Crippen LogP contribution in [0.4, 0.5) is 11.5 Å². The highest BCUT2D eigenvalue weighted by atomic mass is 32.2. The van der Waals surface area contributed by atoms with Crippen molar-refractivity contribution in [2.45, 2.75) is 29.3 Å². The van der Waals surface area contributed by atoms with Crippen LogP contribution in [0.2, 0.25) is 0 Å². The van der Waals surface area contributed by atoms with Crippen LogP contribution in [0.15, 0.2) is 40.5 Å². The van der Waals surface area contributed by atoms with Crippen molar-refractivity contribution >= 4 is 29.2 Å². The van der Waals surface area contributed by atoms with E-state index in [0.717, 1.165) is 53.9 Å². The zero-order valence-electron chi connectivity index (χ0n) is 15.3. The number of carbonyl (C=O) groups excluding carboxylic acids is 1. The molecule has 1 fully saturated rings. The number of fused-ring (bicyclic) bond motifs is 2. The molecule has 0 saturated carbocycles. The van der Waals surface area contributed by atoms with E-state index in [1.165, 1.54) is 5.56 Å². The van der Waals surface area contributed by atoms with Crippen LogP contribution in [0.3, 0.4) is 0 Å². The minimum Gasteiger partial charge on any atom is -0.369 e. The van der Waals surface area contributed by atoms with Crippen LogP contribution in [0.5, 0.6) is 0 Å². The molecule has 2 aliphatic rings. The number of benzene rings is 1. The topological polar surface area (TPSA) is 84.6 Å². The van der Waals surface area contributed by atoms with Crippen molar-refractivity contribution in [2.75, 3.05) is 31.8 Å². The van der Waals surface area contributed by atoms with E-state index in [1.807, 2.05) is 0 Å². The summed E-state index contributed by atoms with van der Waals surface area (Å²) in [6.45, 7) is 3.08. The van der Waals surface area contributed by atoms with Gasteiger partial charge in [0.2, 0.25) is 5.91 Å². The van der Waals surface area contributed by atoms with E-state index in [-0.39, 0.29) is 11.8 Å². The Kier molecular flexibility index (Phi) is 5.29. The molecule has 1 aromatic carbocycles. The number of amides is 1. The number of likely N-dealkylation sites (tertiary alicyclic amines) is 1. The highest BCUT2D eigenvalue weighted by Gasteiger charge is 2.27. The minimum atomic E-state index is -0.171. The maximum atomic E-state index is 11.4. The van der Waals surface area contributed by atoms with E-state index >= 15 is 0 Å². The Balaban J connectivity index is 1.53. The summed E-state index contributed by atoms with van der Waals surface area (Å²) in [5.74, 6) is 0.681. The first-order chi connectivity index (χ1) is 13.2. The number of nitrogens with two attached hydrogens (primary N) is 1. The fourth-order valence-corrected chi connectivity index (χ4v) is 4.63. The lowest BCUT2D eigenvalue weighted by Crippen LogP contribution is -2.38. The van der Waals surface area contributed by atoms with Crippen molar-refractivity contribution in [3.8, 4) is 0 Å². The van der Waals surface area contributed by atoms with Crippen LogP contribution >= 0.6 is 11.8 Å². The standard InChI is InChI=1S/C19H23N5O2S/c1-26-12-24-15-10-13(11-23-8-4-14(5-9-23)17(20)25)2-3-16(15)27-19-18(24)21-6-7-22-19/h2-3,6-7,10,14H,4-5,8-9,11-12H2,1H3,(H2,20,25). The quantitative estimate of drug-likeness (QED) is 0.846. The molecular formula is C19H23N5O2S. The molecule has 0 radical (unpaired) electrons. The molecule has 0 unspecified atom stereocenters. The molecule has 0 aliphatic carbocycles. The predicted octanol–water partition coefficient (Wildman–Crippen LogP) is 2.38. The third-order valence-electron chi connectivity index (χ3n) is 5.08. The van der Waals surface area contributed by atoms with Gasteiger partial charge in [-0.05, 0) is 43.6 Å². The van der Waals surface area contributed by atoms with E-state index < -0.39 is 0 Å². The number of primary amides is 1. The summed E-state index contributed by atoms with van der Waals surface area (Å²) in [4.78, 5) is 25.9. The van der Waals surface area contributed by atoms with Gasteiger partial charge in [-0.25, -0.2) is 9.97 Å². The Labute approximate surface area is 162 Å². The third-order valence-corrected chi connectivity index (χ3v) is 6.12. The fourth-order valence-electron chi connectivity index (χ4n) is 3.65. The van der Waals surface area contributed by atoms with Crippen LogP contribution in [0.25, 0.3) is 0 Å². The van der Waals surface area contributed by atoms with Gasteiger partial charge in [0.15, 0.2) is 5.82 Å². The van der Waals surface area contributed by atoms with Crippen LogP contribution in [-0.2, 0) is 16.1 Å². The number of methoxy groups -OCH3 is 1. The molecule has 7 nitrogen and oxygen atoms in total. The van der Waals surface area contributed by atoms with Crippen LogP contribution in [0.1, 0.15) is 18.4 Å². The summed E-state index contributed by atoms with van der Waals surface area (Å²) in [5.41, 5.74) is 7.77. The molecule has 0 bridgehead atoms. The molecule has 8 heteroatoms. The zero-order valence-corrected chi connectivity index (χ0v) is 16.1. The van der Waals surface area contributed by atoms with E-state index in [9.17, 15) is 4.79 Å². The van der Waals surface area contributed by atoms with Gasteiger partial charge in [-0.15, -0.1) is 0 Å². The second-order valence-electron chi connectivity index (χ2n) is 6.89. The van der Waals surface area contributed by atoms with Crippen molar-refractivity contribution < 1.29 is 9.53 Å². The van der Waals surface area contributed by atoms with Gasteiger partial charge in [0, 0.05) is 36.9 Å². The van der Waals surface area contributed by atoms with Crippen molar-refractivity contribution in [2.24, 2.45) is 11.7 Å². The number of hydrogen-bond acceptors (Lipinski definition) is 7. The number of aromatic nitrogens is 2. The zero-order chi connectivity index (χ0) is 18.8. The molecule has 27 heavy (non-hydrogen) atoms. The third kappa shape index (κ3) is 3.78. The molecule has 1 saturated heterocycles. The van der Waals surface area contributed by atoms with Gasteiger partial charge < -0.3 is 10.5 Å². The van der Waals surface area contributed by atoms with E-state index in [2.05, 4.69) is 38.0 Å². The lowest BCUT2D eigenvalue weighted by Gasteiger charge is -2.32. The summed E-state index contributed by atoms with van der Waals surface area (Å²) < 4.78 is 5.41. The highest BCUT2D eigenvalue weighted by Crippen LogP contribution is 2.46. The van der Waals surface area contributed by atoms with Crippen molar-refractivity contribution in [1.82, 2.24) is 14.9 Å². The summed E-state index contributed by atoms with van der Waals surface area (Å²) in [7, 11) is 1.68. The SMILES string of the molecule is COCN1c2cc(CN3CCC(C(N)=O)CC3)ccc2Sc2nccnc21. The lowest BCUT2D eigenvalue weighted by atomic mass is 9.96. The number of hydrogen-bond donors (Lipinski definition) is 1. The first-order valence-corrected chi connectivity index (χ1v) is 9.87. The Morgan fingerprint density at radius 3 is 2.81 bits per heavy atom. The van der Waals surface area contributed by atoms with Gasteiger partial charge in [-0.2, -0.15) is 0 Å². The average molecular weight is 385 g/mol. The molecule has 0 spiro atoms. The molecule has 1 aromatic heterocycles. The Morgan fingerprint density at radius 1 is 1.30 bits per heavy atom. The molecule has 3 heterocycles. The van der Waals surface area contributed by atoms with Gasteiger partial charge >= 0.3 is 0 Å². The second kappa shape index (κ2) is 7.84. The smallest absolute Gasteiger partial charge is 0.220 e. The summed E-state index contributed by atoms with van der Waals surface area (Å²) in [6.07, 6.45) is 5.11. The molecule has 0 atom stereocenters. The Morgan fingerprint density at radius 2 is 2.07 bits per heavy atom.